The fourth-order valence-electron chi connectivity index (χ4n) is 3.08. The maximum absolute atomic E-state index is 10.4. The third kappa shape index (κ3) is 3.20. The quantitative estimate of drug-likeness (QED) is 0.503. The summed E-state index contributed by atoms with van der Waals surface area (Å²) in [5.41, 5.74) is 1.45. The molecule has 0 spiro atoms. The number of anilines is 1. The number of benzene rings is 1. The monoisotopic (exact) mass is 465 g/mol. The average molecular weight is 467 g/mol. The van der Waals surface area contributed by atoms with E-state index in [9.17, 15) is 5.11 Å². The number of phenolic OH excluding ortho intramolecular Hbond substituents is 1. The van der Waals surface area contributed by atoms with E-state index < -0.39 is 0 Å². The molecule has 3 heterocycles. The predicted molar refractivity (Wildman–Crippen MR) is 113 cm³/mol. The zero-order chi connectivity index (χ0) is 18.3. The molecule has 0 saturated carbocycles. The van der Waals surface area contributed by atoms with Crippen molar-refractivity contribution in [3.63, 3.8) is 0 Å². The molecule has 1 aliphatic heterocycles. The van der Waals surface area contributed by atoms with E-state index in [1.54, 1.807) is 35.7 Å². The van der Waals surface area contributed by atoms with Crippen molar-refractivity contribution < 1.29 is 5.11 Å². The number of thiophene rings is 1. The summed E-state index contributed by atoms with van der Waals surface area (Å²) in [5, 5.41) is 14.8. The van der Waals surface area contributed by atoms with E-state index in [2.05, 4.69) is 32.3 Å². The van der Waals surface area contributed by atoms with Gasteiger partial charge in [0.05, 0.1) is 27.3 Å². The lowest BCUT2D eigenvalue weighted by Crippen LogP contribution is -2.29. The molecule has 1 aromatic carbocycles. The van der Waals surface area contributed by atoms with Crippen LogP contribution < -0.4 is 10.2 Å². The van der Waals surface area contributed by atoms with Crippen molar-refractivity contribution in [3.05, 3.63) is 74.1 Å². The molecule has 1 saturated heterocycles. The first-order chi connectivity index (χ1) is 12.5. The van der Waals surface area contributed by atoms with Gasteiger partial charge in [0.15, 0.2) is 5.11 Å². The number of aromatic hydroxyl groups is 1. The highest BCUT2D eigenvalue weighted by Crippen LogP contribution is 2.46. The van der Waals surface area contributed by atoms with Gasteiger partial charge in [0.2, 0.25) is 0 Å². The summed E-state index contributed by atoms with van der Waals surface area (Å²) in [7, 11) is 0. The van der Waals surface area contributed by atoms with Crippen LogP contribution in [0.4, 0.5) is 5.69 Å². The van der Waals surface area contributed by atoms with E-state index in [-0.39, 0.29) is 17.8 Å². The molecule has 0 unspecified atom stereocenters. The Hall–Kier alpha value is -1.67. The minimum absolute atomic E-state index is 0.126. The minimum Gasteiger partial charge on any atom is -0.506 e. The van der Waals surface area contributed by atoms with Crippen LogP contribution in [0.1, 0.15) is 22.7 Å². The third-order valence-electron chi connectivity index (χ3n) is 4.18. The predicted octanol–water partition coefficient (Wildman–Crippen LogP) is 5.44. The highest BCUT2D eigenvalue weighted by Gasteiger charge is 2.42. The number of thiocarbonyl (C=S) groups is 1. The fourth-order valence-corrected chi connectivity index (χ4v) is 5.14. The topological polar surface area (TPSA) is 48.4 Å². The smallest absolute Gasteiger partial charge is 0.174 e. The van der Waals surface area contributed by atoms with E-state index in [0.717, 1.165) is 14.4 Å². The summed E-state index contributed by atoms with van der Waals surface area (Å²) >= 11 is 16.9. The van der Waals surface area contributed by atoms with Crippen molar-refractivity contribution in [2.24, 2.45) is 0 Å². The normalized spacial score (nSPS) is 19.6. The molecule has 4 nitrogen and oxygen atoms in total. The zero-order valence-electron chi connectivity index (χ0n) is 13.3. The molecule has 132 valence electrons. The van der Waals surface area contributed by atoms with Crippen molar-refractivity contribution in [2.45, 2.75) is 12.1 Å². The number of aromatic nitrogens is 1. The van der Waals surface area contributed by atoms with Gasteiger partial charge >= 0.3 is 0 Å². The second kappa shape index (κ2) is 7.15. The van der Waals surface area contributed by atoms with Gasteiger partial charge in [-0.05, 0) is 70.6 Å². The first-order valence-corrected chi connectivity index (χ1v) is 10.2. The third-order valence-corrected chi connectivity index (χ3v) is 6.42. The van der Waals surface area contributed by atoms with Crippen molar-refractivity contribution >= 4 is 61.9 Å². The molecule has 0 bridgehead atoms. The van der Waals surface area contributed by atoms with Crippen LogP contribution in [0, 0.1) is 0 Å². The standard InChI is InChI=1S/C18H13BrClN3OS2/c19-15-7-6-14(26-15)17-16(11-3-1-2-8-21-11)22-18(25)23(17)12-9-10(20)4-5-13(12)24/h1-9,16-17,24H,(H,22,25)/t16-,17+/m0/s1. The van der Waals surface area contributed by atoms with E-state index in [4.69, 9.17) is 23.8 Å². The van der Waals surface area contributed by atoms with Crippen molar-refractivity contribution in [1.29, 1.82) is 0 Å². The SMILES string of the molecule is Oc1ccc(Cl)cc1N1C(=S)N[C@@H](c2ccccn2)[C@H]1c1ccc(Br)s1. The number of rotatable bonds is 3. The van der Waals surface area contributed by atoms with E-state index in [0.29, 0.717) is 15.8 Å². The maximum Gasteiger partial charge on any atom is 0.174 e. The minimum atomic E-state index is -0.155. The molecule has 8 heteroatoms. The molecule has 26 heavy (non-hydrogen) atoms. The number of nitrogens with one attached hydrogen (secondary N) is 1. The van der Waals surface area contributed by atoms with Crippen LogP contribution >= 0.6 is 51.1 Å². The number of halogens is 2. The van der Waals surface area contributed by atoms with E-state index in [1.807, 2.05) is 29.2 Å². The molecule has 4 rings (SSSR count). The Morgan fingerprint density at radius 2 is 2.08 bits per heavy atom. The Balaban J connectivity index is 1.86. The lowest BCUT2D eigenvalue weighted by atomic mass is 10.0. The van der Waals surface area contributed by atoms with E-state index >= 15 is 0 Å². The highest BCUT2D eigenvalue weighted by molar-refractivity contribution is 9.11. The zero-order valence-corrected chi connectivity index (χ0v) is 17.2. The second-order valence-electron chi connectivity index (χ2n) is 5.77. The average Bonchev–Trinajstić information content (AvgIpc) is 3.21. The van der Waals surface area contributed by atoms with Crippen molar-refractivity contribution in [2.75, 3.05) is 4.90 Å². The van der Waals surface area contributed by atoms with Gasteiger partial charge in [-0.2, -0.15) is 0 Å². The molecule has 2 atom stereocenters. The summed E-state index contributed by atoms with van der Waals surface area (Å²) in [4.78, 5) is 7.51. The van der Waals surface area contributed by atoms with Gasteiger partial charge < -0.3 is 15.3 Å². The Bertz CT molecular complexity index is 966. The van der Waals surface area contributed by atoms with Gasteiger partial charge in [0, 0.05) is 16.1 Å². The highest BCUT2D eigenvalue weighted by atomic mass is 79.9. The van der Waals surface area contributed by atoms with Crippen LogP contribution in [-0.2, 0) is 0 Å². The summed E-state index contributed by atoms with van der Waals surface area (Å²) in [5.74, 6) is 0.126. The lowest BCUT2D eigenvalue weighted by molar-refractivity contribution is 0.473. The summed E-state index contributed by atoms with van der Waals surface area (Å²) < 4.78 is 1.03. The number of nitrogens with zero attached hydrogens (tertiary/aromatic N) is 2. The van der Waals surface area contributed by atoms with Crippen LogP contribution in [0.3, 0.4) is 0 Å². The number of hydrogen-bond donors (Lipinski definition) is 2. The largest absolute Gasteiger partial charge is 0.506 e. The Morgan fingerprint density at radius 1 is 1.23 bits per heavy atom. The molecule has 2 aromatic heterocycles. The van der Waals surface area contributed by atoms with Gasteiger partial charge in [0.25, 0.3) is 0 Å². The van der Waals surface area contributed by atoms with E-state index in [1.165, 1.54) is 0 Å². The summed E-state index contributed by atoms with van der Waals surface area (Å²) in [6.45, 7) is 0. The summed E-state index contributed by atoms with van der Waals surface area (Å²) in [6, 6.07) is 14.5. The first-order valence-electron chi connectivity index (χ1n) is 7.79. The van der Waals surface area contributed by atoms with Crippen LogP contribution in [0.2, 0.25) is 5.02 Å². The molecule has 0 amide bonds. The molecule has 3 aromatic rings. The number of pyridine rings is 1. The van der Waals surface area contributed by atoms with Gasteiger partial charge in [-0.3, -0.25) is 4.98 Å². The Labute approximate surface area is 173 Å². The van der Waals surface area contributed by atoms with Crippen LogP contribution in [0.25, 0.3) is 0 Å². The van der Waals surface area contributed by atoms with Crippen LogP contribution in [0.15, 0.2) is 58.5 Å². The van der Waals surface area contributed by atoms with Gasteiger partial charge in [-0.15, -0.1) is 11.3 Å². The van der Waals surface area contributed by atoms with Gasteiger partial charge in [-0.1, -0.05) is 17.7 Å². The second-order valence-corrected chi connectivity index (χ2v) is 9.09. The molecule has 1 aliphatic rings. The number of phenols is 1. The molecule has 0 radical (unpaired) electrons. The Kier molecular flexibility index (Phi) is 4.88. The molecule has 0 aliphatic carbocycles. The van der Waals surface area contributed by atoms with Gasteiger partial charge in [0.1, 0.15) is 5.75 Å². The number of hydrogen-bond acceptors (Lipinski definition) is 4. The molecular weight excluding hydrogens is 454 g/mol. The molecule has 2 N–H and O–H groups in total. The van der Waals surface area contributed by atoms with Gasteiger partial charge in [-0.25, -0.2) is 0 Å². The fraction of sp³-hybridized carbons (Fsp3) is 0.111. The lowest BCUT2D eigenvalue weighted by Gasteiger charge is -2.27. The van der Waals surface area contributed by atoms with Crippen LogP contribution in [-0.4, -0.2) is 15.2 Å². The van der Waals surface area contributed by atoms with Crippen LogP contribution in [0.5, 0.6) is 5.75 Å². The first kappa shape index (κ1) is 17.7. The molecule has 1 fully saturated rings. The Morgan fingerprint density at radius 3 is 2.77 bits per heavy atom. The molecular formula is C18H13BrClN3OS2. The van der Waals surface area contributed by atoms with Crippen molar-refractivity contribution in [1.82, 2.24) is 10.3 Å². The van der Waals surface area contributed by atoms with Crippen molar-refractivity contribution in [3.8, 4) is 5.75 Å². The maximum atomic E-state index is 10.4. The summed E-state index contributed by atoms with van der Waals surface area (Å²) in [6.07, 6.45) is 1.76.